The molecular weight excluding hydrogens is 612 g/mol. The Morgan fingerprint density at radius 1 is 0.833 bits per heavy atom. The van der Waals surface area contributed by atoms with Crippen LogP contribution in [0.5, 0.6) is 0 Å². The van der Waals surface area contributed by atoms with E-state index in [4.69, 9.17) is 24.7 Å². The highest BCUT2D eigenvalue weighted by Gasteiger charge is 2.41. The van der Waals surface area contributed by atoms with Gasteiger partial charge >= 0.3 is 0 Å². The first-order valence-electron chi connectivity index (χ1n) is 16.9. The fourth-order valence-electron chi connectivity index (χ4n) is 6.52. The average Bonchev–Trinajstić information content (AvgIpc) is 3.57. The molecule has 48 heavy (non-hydrogen) atoms. The van der Waals surface area contributed by atoms with Crippen LogP contribution in [0.2, 0.25) is 0 Å². The number of para-hydroxylation sites is 2. The number of hydrogen-bond donors (Lipinski definition) is 4. The second-order valence-electron chi connectivity index (χ2n) is 12.8. The number of piperidine rings is 1. The minimum absolute atomic E-state index is 0.00519. The molecule has 3 aliphatic rings. The standard InChI is InChI=1S/C37H46N4O7/c38-31-5-1-2-6-32(31)40-35(44)8-4-3-7-34(43)39-29-15-13-28(14-16-29)36-47-30(23-33(48-36)27-11-9-26(25-42)10-12-27)24-41-19-17-37(18-20-41)45-21-22-46-37/h1-2,5-6,9-16,30,33,36,42H,3-4,7-8,17-25,38H2,(H,39,43)(H,40,44). The SMILES string of the molecule is Nc1ccccc1NC(=O)CCCCC(=O)Nc1ccc(C2OC(CN3CCC4(CC3)OCCO4)CC(c3ccc(CO)cc3)O2)cc1. The Bertz CT molecular complexity index is 1500. The van der Waals surface area contributed by atoms with Gasteiger partial charge in [-0.25, -0.2) is 0 Å². The van der Waals surface area contributed by atoms with Crippen molar-refractivity contribution < 1.29 is 33.6 Å². The fourth-order valence-corrected chi connectivity index (χ4v) is 6.52. The molecule has 256 valence electrons. The van der Waals surface area contributed by atoms with E-state index in [1.165, 1.54) is 0 Å². The number of benzene rings is 3. The first-order chi connectivity index (χ1) is 23.4. The number of carbonyl (C=O) groups excluding carboxylic acids is 2. The molecule has 5 N–H and O–H groups in total. The predicted octanol–water partition coefficient (Wildman–Crippen LogP) is 5.28. The minimum Gasteiger partial charge on any atom is -0.397 e. The summed E-state index contributed by atoms with van der Waals surface area (Å²) in [6, 6.07) is 22.6. The lowest BCUT2D eigenvalue weighted by Crippen LogP contribution is -2.48. The number of nitrogens with zero attached hydrogens (tertiary/aromatic N) is 1. The molecule has 11 heteroatoms. The van der Waals surface area contributed by atoms with Gasteiger partial charge < -0.3 is 45.3 Å². The number of nitrogens with two attached hydrogens (primary N) is 1. The molecule has 2 amide bonds. The van der Waals surface area contributed by atoms with Gasteiger partial charge in [0.05, 0.1) is 43.4 Å². The van der Waals surface area contributed by atoms with Crippen molar-refractivity contribution >= 4 is 28.9 Å². The van der Waals surface area contributed by atoms with Crippen molar-refractivity contribution in [3.05, 3.63) is 89.5 Å². The van der Waals surface area contributed by atoms with E-state index in [1.807, 2.05) is 60.7 Å². The smallest absolute Gasteiger partial charge is 0.224 e. The summed E-state index contributed by atoms with van der Waals surface area (Å²) < 4.78 is 24.9. The van der Waals surface area contributed by atoms with Crippen LogP contribution in [0.25, 0.3) is 0 Å². The van der Waals surface area contributed by atoms with Crippen LogP contribution in [0.1, 0.15) is 74.0 Å². The lowest BCUT2D eigenvalue weighted by Gasteiger charge is -2.41. The number of nitrogen functional groups attached to an aromatic ring is 1. The van der Waals surface area contributed by atoms with Crippen LogP contribution in [0.4, 0.5) is 17.1 Å². The van der Waals surface area contributed by atoms with E-state index in [-0.39, 0.29) is 30.6 Å². The van der Waals surface area contributed by atoms with Gasteiger partial charge in [-0.05, 0) is 48.2 Å². The molecule has 3 fully saturated rings. The number of ether oxygens (including phenoxy) is 4. The highest BCUT2D eigenvalue weighted by Crippen LogP contribution is 2.39. The Kier molecular flexibility index (Phi) is 11.4. The first-order valence-corrected chi connectivity index (χ1v) is 16.9. The molecule has 6 rings (SSSR count). The highest BCUT2D eigenvalue weighted by molar-refractivity contribution is 5.94. The number of unbranched alkanes of at least 4 members (excludes halogenated alkanes) is 1. The number of likely N-dealkylation sites (tertiary alicyclic amines) is 1. The zero-order valence-corrected chi connectivity index (χ0v) is 27.3. The second-order valence-corrected chi connectivity index (χ2v) is 12.8. The zero-order chi connectivity index (χ0) is 33.3. The Labute approximate surface area is 281 Å². The number of amides is 2. The highest BCUT2D eigenvalue weighted by atomic mass is 16.7. The number of anilines is 3. The average molecular weight is 659 g/mol. The first kappa shape index (κ1) is 34.0. The van der Waals surface area contributed by atoms with E-state index < -0.39 is 12.1 Å². The van der Waals surface area contributed by atoms with Gasteiger partial charge in [-0.3, -0.25) is 9.59 Å². The van der Waals surface area contributed by atoms with E-state index >= 15 is 0 Å². The Morgan fingerprint density at radius 3 is 2.15 bits per heavy atom. The lowest BCUT2D eigenvalue weighted by atomic mass is 9.98. The third kappa shape index (κ3) is 8.98. The summed E-state index contributed by atoms with van der Waals surface area (Å²) in [4.78, 5) is 27.3. The summed E-state index contributed by atoms with van der Waals surface area (Å²) in [5.41, 5.74) is 10.5. The molecule has 0 aliphatic carbocycles. The minimum atomic E-state index is -0.578. The number of aliphatic hydroxyl groups excluding tert-OH is 1. The second kappa shape index (κ2) is 16.0. The molecule has 3 unspecified atom stereocenters. The summed E-state index contributed by atoms with van der Waals surface area (Å²) in [7, 11) is 0. The van der Waals surface area contributed by atoms with Crippen LogP contribution >= 0.6 is 0 Å². The fraction of sp³-hybridized carbons (Fsp3) is 0.459. The molecule has 3 atom stereocenters. The van der Waals surface area contributed by atoms with E-state index in [2.05, 4.69) is 15.5 Å². The monoisotopic (exact) mass is 658 g/mol. The van der Waals surface area contributed by atoms with Gasteiger partial charge in [-0.1, -0.05) is 48.5 Å². The van der Waals surface area contributed by atoms with E-state index in [0.29, 0.717) is 62.4 Å². The molecule has 0 radical (unpaired) electrons. The molecule has 3 heterocycles. The van der Waals surface area contributed by atoms with Gasteiger partial charge in [-0.15, -0.1) is 0 Å². The summed E-state index contributed by atoms with van der Waals surface area (Å²) in [6.45, 7) is 3.86. The van der Waals surface area contributed by atoms with Crippen molar-refractivity contribution in [1.82, 2.24) is 4.90 Å². The van der Waals surface area contributed by atoms with Crippen molar-refractivity contribution in [2.24, 2.45) is 0 Å². The molecule has 3 saturated heterocycles. The summed E-state index contributed by atoms with van der Waals surface area (Å²) >= 11 is 0. The van der Waals surface area contributed by atoms with Gasteiger partial charge in [0, 0.05) is 63.0 Å². The molecular formula is C37H46N4O7. The van der Waals surface area contributed by atoms with Gasteiger partial charge in [0.25, 0.3) is 0 Å². The van der Waals surface area contributed by atoms with Crippen molar-refractivity contribution in [3.63, 3.8) is 0 Å². The number of rotatable bonds is 12. The zero-order valence-electron chi connectivity index (χ0n) is 27.3. The third-order valence-electron chi connectivity index (χ3n) is 9.27. The van der Waals surface area contributed by atoms with Crippen molar-refractivity contribution in [1.29, 1.82) is 0 Å². The molecule has 11 nitrogen and oxygen atoms in total. The largest absolute Gasteiger partial charge is 0.397 e. The quantitative estimate of drug-likeness (QED) is 0.151. The van der Waals surface area contributed by atoms with Gasteiger partial charge in [0.2, 0.25) is 11.8 Å². The predicted molar refractivity (Wildman–Crippen MR) is 182 cm³/mol. The maximum atomic E-state index is 12.6. The molecule has 0 bridgehead atoms. The molecule has 3 aliphatic heterocycles. The molecule has 1 spiro atoms. The molecule has 3 aromatic rings. The Morgan fingerprint density at radius 2 is 1.48 bits per heavy atom. The van der Waals surface area contributed by atoms with E-state index in [9.17, 15) is 14.7 Å². The number of aliphatic hydroxyl groups is 1. The van der Waals surface area contributed by atoms with Crippen molar-refractivity contribution in [2.75, 3.05) is 49.2 Å². The number of hydrogen-bond acceptors (Lipinski definition) is 9. The summed E-state index contributed by atoms with van der Waals surface area (Å²) in [5.74, 6) is -0.651. The van der Waals surface area contributed by atoms with Crippen LogP contribution in [-0.4, -0.2) is 66.6 Å². The normalized spacial score (nSPS) is 22.4. The van der Waals surface area contributed by atoms with Gasteiger partial charge in [0.15, 0.2) is 12.1 Å². The Hall–Kier alpha value is -3.84. The van der Waals surface area contributed by atoms with Gasteiger partial charge in [0.1, 0.15) is 0 Å². The maximum Gasteiger partial charge on any atom is 0.224 e. The topological polar surface area (TPSA) is 145 Å². The Balaban J connectivity index is 1.01. The van der Waals surface area contributed by atoms with Crippen molar-refractivity contribution in [2.45, 2.75) is 75.8 Å². The lowest BCUT2D eigenvalue weighted by molar-refractivity contribution is -0.255. The van der Waals surface area contributed by atoms with Crippen LogP contribution in [0, 0.1) is 0 Å². The summed E-state index contributed by atoms with van der Waals surface area (Å²) in [5, 5.41) is 15.3. The van der Waals surface area contributed by atoms with Crippen LogP contribution in [0.3, 0.4) is 0 Å². The molecule has 3 aromatic carbocycles. The summed E-state index contributed by atoms with van der Waals surface area (Å²) in [6.07, 6.45) is 3.39. The maximum absolute atomic E-state index is 12.6. The van der Waals surface area contributed by atoms with Crippen LogP contribution in [-0.2, 0) is 35.1 Å². The van der Waals surface area contributed by atoms with Gasteiger partial charge in [-0.2, -0.15) is 0 Å². The third-order valence-corrected chi connectivity index (χ3v) is 9.27. The van der Waals surface area contributed by atoms with Crippen LogP contribution in [0.15, 0.2) is 72.8 Å². The van der Waals surface area contributed by atoms with Crippen molar-refractivity contribution in [3.8, 4) is 0 Å². The molecule has 0 aromatic heterocycles. The van der Waals surface area contributed by atoms with Crippen LogP contribution < -0.4 is 16.4 Å². The number of nitrogens with one attached hydrogen (secondary N) is 2. The van der Waals surface area contributed by atoms with E-state index in [1.54, 1.807) is 12.1 Å². The number of carbonyl (C=O) groups is 2. The molecule has 0 saturated carbocycles. The van der Waals surface area contributed by atoms with E-state index in [0.717, 1.165) is 49.2 Å².